The van der Waals surface area contributed by atoms with E-state index in [1.54, 1.807) is 36.6 Å². The highest BCUT2D eigenvalue weighted by molar-refractivity contribution is 7.79. The van der Waals surface area contributed by atoms with Crippen LogP contribution in [0.15, 0.2) is 30.3 Å². The van der Waals surface area contributed by atoms with Gasteiger partial charge >= 0.3 is 0 Å². The number of rotatable bonds is 18. The molecule has 0 saturated heterocycles. The van der Waals surface area contributed by atoms with Crippen molar-refractivity contribution in [2.75, 3.05) is 32.4 Å². The van der Waals surface area contributed by atoms with Gasteiger partial charge in [0, 0.05) is 12.1 Å². The first kappa shape index (κ1) is 35.8. The molecule has 39 heavy (non-hydrogen) atoms. The average Bonchev–Trinajstić information content (AvgIpc) is 2.94. The maximum atomic E-state index is 12.7. The van der Waals surface area contributed by atoms with Gasteiger partial charge < -0.3 is 44.2 Å². The smallest absolute Gasteiger partial charge is 0.251 e. The standard InChI is InChI=1S/C24H40N8O5.CH4S/c25-12-6-4-10-18(21(28)34)31-20(33)15-30-24(37)19(11-5-7-13-26)32-23(36)17(27)14-29-22(35)16-8-2-1-3-9-16;1-2/h1-3,8-9,17-19H,4-7,10-15,25-27H2,(H2,28,34)(H,29,35)(H,30,37)(H,31,33)(H,32,36);2H,1H3. The summed E-state index contributed by atoms with van der Waals surface area (Å²) >= 11 is 3.53. The van der Waals surface area contributed by atoms with E-state index in [9.17, 15) is 24.0 Å². The van der Waals surface area contributed by atoms with Crippen LogP contribution >= 0.6 is 12.6 Å². The quantitative estimate of drug-likeness (QED) is 0.0715. The highest BCUT2D eigenvalue weighted by atomic mass is 32.1. The zero-order valence-electron chi connectivity index (χ0n) is 22.5. The first-order valence-corrected chi connectivity index (χ1v) is 13.7. The second-order valence-corrected chi connectivity index (χ2v) is 8.55. The molecule has 0 radical (unpaired) electrons. The second-order valence-electron chi connectivity index (χ2n) is 8.55. The fourth-order valence-corrected chi connectivity index (χ4v) is 3.34. The maximum absolute atomic E-state index is 12.7. The predicted octanol–water partition coefficient (Wildman–Crippen LogP) is -1.88. The van der Waals surface area contributed by atoms with E-state index in [0.717, 1.165) is 0 Å². The number of carbonyl (C=O) groups is 5. The number of nitrogens with two attached hydrogens (primary N) is 4. The van der Waals surface area contributed by atoms with Crippen LogP contribution in [-0.2, 0) is 19.2 Å². The van der Waals surface area contributed by atoms with Crippen molar-refractivity contribution in [3.05, 3.63) is 35.9 Å². The van der Waals surface area contributed by atoms with Crippen molar-refractivity contribution in [1.82, 2.24) is 21.3 Å². The summed E-state index contributed by atoms with van der Waals surface area (Å²) in [6, 6.07) is 5.49. The van der Waals surface area contributed by atoms with Gasteiger partial charge in [-0.15, -0.1) is 0 Å². The molecule has 3 unspecified atom stereocenters. The molecule has 0 fully saturated rings. The van der Waals surface area contributed by atoms with Crippen LogP contribution in [0, 0.1) is 0 Å². The molecule has 0 aromatic heterocycles. The van der Waals surface area contributed by atoms with Crippen LogP contribution in [0.3, 0.4) is 0 Å². The number of hydrogen-bond donors (Lipinski definition) is 9. The molecule has 13 nitrogen and oxygen atoms in total. The Morgan fingerprint density at radius 3 is 1.90 bits per heavy atom. The SMILES string of the molecule is CS.NCCCCC(NC(=O)CNC(=O)C(CCCCN)NC(=O)C(N)CNC(=O)c1ccccc1)C(N)=O. The molecular formula is C25H44N8O5S. The molecule has 0 saturated carbocycles. The van der Waals surface area contributed by atoms with Gasteiger partial charge in [0.2, 0.25) is 23.6 Å². The summed E-state index contributed by atoms with van der Waals surface area (Å²) in [7, 11) is 0. The van der Waals surface area contributed by atoms with E-state index < -0.39 is 48.3 Å². The van der Waals surface area contributed by atoms with Gasteiger partial charge in [-0.05, 0) is 70.0 Å². The predicted molar refractivity (Wildman–Crippen MR) is 154 cm³/mol. The third-order valence-electron chi connectivity index (χ3n) is 5.48. The van der Waals surface area contributed by atoms with Crippen LogP contribution in [0.2, 0.25) is 0 Å². The van der Waals surface area contributed by atoms with E-state index in [1.807, 2.05) is 0 Å². The maximum Gasteiger partial charge on any atom is 0.251 e. The number of primary amides is 1. The Morgan fingerprint density at radius 1 is 0.795 bits per heavy atom. The van der Waals surface area contributed by atoms with E-state index in [4.69, 9.17) is 22.9 Å². The van der Waals surface area contributed by atoms with Crippen molar-refractivity contribution in [2.24, 2.45) is 22.9 Å². The van der Waals surface area contributed by atoms with Crippen LogP contribution in [0.5, 0.6) is 0 Å². The molecule has 0 bridgehead atoms. The minimum Gasteiger partial charge on any atom is -0.368 e. The first-order chi connectivity index (χ1) is 18.7. The number of hydrogen-bond acceptors (Lipinski definition) is 9. The van der Waals surface area contributed by atoms with Crippen molar-refractivity contribution in [2.45, 2.75) is 56.7 Å². The van der Waals surface area contributed by atoms with Crippen LogP contribution in [0.4, 0.5) is 0 Å². The lowest BCUT2D eigenvalue weighted by Crippen LogP contribution is -2.55. The molecular weight excluding hydrogens is 524 g/mol. The summed E-state index contributed by atoms with van der Waals surface area (Å²) in [5.41, 5.74) is 22.6. The van der Waals surface area contributed by atoms with E-state index in [0.29, 0.717) is 50.8 Å². The summed E-state index contributed by atoms with van der Waals surface area (Å²) in [6.45, 7) is 0.309. The number of thiol groups is 1. The van der Waals surface area contributed by atoms with Gasteiger partial charge in [0.25, 0.3) is 5.91 Å². The summed E-state index contributed by atoms with van der Waals surface area (Å²) in [4.78, 5) is 61.3. The van der Waals surface area contributed by atoms with Crippen LogP contribution in [0.1, 0.15) is 48.9 Å². The third kappa shape index (κ3) is 15.7. The Kier molecular flexibility index (Phi) is 19.9. The van der Waals surface area contributed by atoms with Gasteiger partial charge in [0.1, 0.15) is 18.1 Å². The molecule has 0 heterocycles. The van der Waals surface area contributed by atoms with Gasteiger partial charge in [-0.1, -0.05) is 18.2 Å². The third-order valence-corrected chi connectivity index (χ3v) is 5.48. The zero-order chi connectivity index (χ0) is 29.6. The summed E-state index contributed by atoms with van der Waals surface area (Å²) in [5, 5.41) is 10.1. The van der Waals surface area contributed by atoms with Crippen molar-refractivity contribution in [3.63, 3.8) is 0 Å². The van der Waals surface area contributed by atoms with Crippen molar-refractivity contribution in [1.29, 1.82) is 0 Å². The van der Waals surface area contributed by atoms with Crippen LogP contribution in [0.25, 0.3) is 0 Å². The van der Waals surface area contributed by atoms with Gasteiger partial charge in [0.05, 0.1) is 6.54 Å². The van der Waals surface area contributed by atoms with E-state index >= 15 is 0 Å². The second kappa shape index (κ2) is 21.7. The van der Waals surface area contributed by atoms with E-state index in [1.165, 1.54) is 0 Å². The normalized spacial score (nSPS) is 12.5. The highest BCUT2D eigenvalue weighted by Gasteiger charge is 2.25. The molecule has 12 N–H and O–H groups in total. The molecule has 1 aromatic carbocycles. The molecule has 1 aromatic rings. The number of nitrogens with one attached hydrogen (secondary N) is 4. The fraction of sp³-hybridized carbons (Fsp3) is 0.560. The Balaban J connectivity index is 0.00000704. The molecule has 5 amide bonds. The van der Waals surface area contributed by atoms with Gasteiger partial charge in [-0.2, -0.15) is 12.6 Å². The first-order valence-electron chi connectivity index (χ1n) is 12.8. The van der Waals surface area contributed by atoms with Crippen LogP contribution < -0.4 is 44.2 Å². The van der Waals surface area contributed by atoms with Crippen molar-refractivity contribution < 1.29 is 24.0 Å². The zero-order valence-corrected chi connectivity index (χ0v) is 23.4. The van der Waals surface area contributed by atoms with Gasteiger partial charge in [-0.25, -0.2) is 0 Å². The molecule has 3 atom stereocenters. The molecule has 220 valence electrons. The average molecular weight is 569 g/mol. The largest absolute Gasteiger partial charge is 0.368 e. The molecule has 0 aliphatic carbocycles. The molecule has 0 spiro atoms. The Hall–Kier alpha value is -3.20. The Bertz CT molecular complexity index is 890. The minimum atomic E-state index is -1.11. The Labute approximate surface area is 235 Å². The number of carbonyl (C=O) groups excluding carboxylic acids is 5. The van der Waals surface area contributed by atoms with E-state index in [-0.39, 0.29) is 18.9 Å². The number of amides is 5. The van der Waals surface area contributed by atoms with Crippen molar-refractivity contribution in [3.8, 4) is 0 Å². The Morgan fingerprint density at radius 2 is 1.36 bits per heavy atom. The lowest BCUT2D eigenvalue weighted by Gasteiger charge is -2.21. The topological polar surface area (TPSA) is 238 Å². The summed E-state index contributed by atoms with van der Waals surface area (Å²) in [5.74, 6) is -2.90. The lowest BCUT2D eigenvalue weighted by atomic mass is 10.1. The molecule has 1 rings (SSSR count). The minimum absolute atomic E-state index is 0.141. The van der Waals surface area contributed by atoms with Crippen LogP contribution in [-0.4, -0.2) is 80.1 Å². The van der Waals surface area contributed by atoms with Gasteiger partial charge in [0.15, 0.2) is 0 Å². The lowest BCUT2D eigenvalue weighted by molar-refractivity contribution is -0.131. The van der Waals surface area contributed by atoms with Crippen molar-refractivity contribution >= 4 is 42.2 Å². The summed E-state index contributed by atoms with van der Waals surface area (Å²) in [6.07, 6.45) is 4.76. The molecule has 14 heteroatoms. The van der Waals surface area contributed by atoms with Gasteiger partial charge in [-0.3, -0.25) is 24.0 Å². The monoisotopic (exact) mass is 568 g/mol. The highest BCUT2D eigenvalue weighted by Crippen LogP contribution is 2.03. The fourth-order valence-electron chi connectivity index (χ4n) is 3.34. The van der Waals surface area contributed by atoms with E-state index in [2.05, 4.69) is 33.9 Å². The number of unbranched alkanes of at least 4 members (excludes halogenated alkanes) is 2. The molecule has 0 aliphatic heterocycles. The number of benzene rings is 1. The molecule has 0 aliphatic rings. The summed E-state index contributed by atoms with van der Waals surface area (Å²) < 4.78 is 0.